The molecule has 0 saturated carbocycles. The Labute approximate surface area is 78.9 Å². The molecular formula is C7H6Cl2OS. The van der Waals surface area contributed by atoms with Gasteiger partial charge in [0.1, 0.15) is 4.87 Å². The molecule has 0 spiro atoms. The smallest absolute Gasteiger partial charge is 0.125 e. The average Bonchev–Trinajstić information content (AvgIpc) is 2.31. The summed E-state index contributed by atoms with van der Waals surface area (Å²) < 4.78 is 5.82. The summed E-state index contributed by atoms with van der Waals surface area (Å²) in [5, 5.41) is 0. The van der Waals surface area contributed by atoms with Gasteiger partial charge in [-0.1, -0.05) is 11.6 Å². The predicted octanol–water partition coefficient (Wildman–Crippen LogP) is 2.87. The maximum atomic E-state index is 6.17. The van der Waals surface area contributed by atoms with E-state index in [0.29, 0.717) is 13.2 Å². The maximum absolute atomic E-state index is 6.17. The van der Waals surface area contributed by atoms with Gasteiger partial charge in [-0.3, -0.25) is 0 Å². The lowest BCUT2D eigenvalue weighted by Gasteiger charge is -2.34. The first-order valence-corrected chi connectivity index (χ1v) is 4.80. The van der Waals surface area contributed by atoms with Crippen LogP contribution in [-0.4, -0.2) is 13.2 Å². The van der Waals surface area contributed by atoms with Crippen LogP contribution in [0.25, 0.3) is 0 Å². The molecule has 0 radical (unpaired) electrons. The van der Waals surface area contributed by atoms with Crippen molar-refractivity contribution in [1.82, 2.24) is 0 Å². The molecule has 0 amide bonds. The highest BCUT2D eigenvalue weighted by atomic mass is 35.5. The van der Waals surface area contributed by atoms with Gasteiger partial charge in [0.2, 0.25) is 0 Å². The highest BCUT2D eigenvalue weighted by Crippen LogP contribution is 2.41. The van der Waals surface area contributed by atoms with Gasteiger partial charge in [0.25, 0.3) is 0 Å². The van der Waals surface area contributed by atoms with Crippen LogP contribution >= 0.6 is 34.5 Å². The van der Waals surface area contributed by atoms with Crippen LogP contribution < -0.4 is 0 Å². The lowest BCUT2D eigenvalue weighted by molar-refractivity contribution is -0.0135. The van der Waals surface area contributed by atoms with Crippen molar-refractivity contribution in [3.63, 3.8) is 0 Å². The molecule has 0 aliphatic carbocycles. The van der Waals surface area contributed by atoms with Crippen LogP contribution in [0.2, 0.25) is 4.34 Å². The van der Waals surface area contributed by atoms with Crippen molar-refractivity contribution in [2.45, 2.75) is 4.87 Å². The molecule has 1 aliphatic rings. The Morgan fingerprint density at radius 2 is 2.18 bits per heavy atom. The minimum Gasteiger partial charge on any atom is -0.377 e. The maximum Gasteiger partial charge on any atom is 0.125 e. The van der Waals surface area contributed by atoms with Gasteiger partial charge in [0.15, 0.2) is 0 Å². The van der Waals surface area contributed by atoms with Gasteiger partial charge < -0.3 is 4.74 Å². The summed E-state index contributed by atoms with van der Waals surface area (Å²) in [6, 6.07) is 3.83. The van der Waals surface area contributed by atoms with Crippen LogP contribution in [0.4, 0.5) is 0 Å². The molecule has 0 atom stereocenters. The summed E-state index contributed by atoms with van der Waals surface area (Å²) in [5.41, 5.74) is 0. The van der Waals surface area contributed by atoms with E-state index < -0.39 is 0 Å². The first-order chi connectivity index (χ1) is 5.21. The second-order valence-corrected chi connectivity index (χ2v) is 5.00. The molecule has 1 aromatic heterocycles. The molecule has 1 aromatic rings. The Morgan fingerprint density at radius 3 is 2.55 bits per heavy atom. The van der Waals surface area contributed by atoms with Gasteiger partial charge in [-0.25, -0.2) is 0 Å². The zero-order chi connectivity index (χ0) is 7.90. The largest absolute Gasteiger partial charge is 0.377 e. The van der Waals surface area contributed by atoms with E-state index in [-0.39, 0.29) is 4.87 Å². The SMILES string of the molecule is Clc1ccc(C2(Cl)COC2)s1. The van der Waals surface area contributed by atoms with Crippen molar-refractivity contribution in [3.05, 3.63) is 21.3 Å². The molecule has 1 aliphatic heterocycles. The Morgan fingerprint density at radius 1 is 1.45 bits per heavy atom. The van der Waals surface area contributed by atoms with Gasteiger partial charge in [0, 0.05) is 4.88 Å². The quantitative estimate of drug-likeness (QED) is 0.646. The predicted molar refractivity (Wildman–Crippen MR) is 47.7 cm³/mol. The Balaban J connectivity index is 2.28. The molecule has 0 N–H and O–H groups in total. The third-order valence-electron chi connectivity index (χ3n) is 1.68. The molecule has 0 aromatic carbocycles. The highest BCUT2D eigenvalue weighted by molar-refractivity contribution is 7.16. The number of hydrogen-bond acceptors (Lipinski definition) is 2. The highest BCUT2D eigenvalue weighted by Gasteiger charge is 2.39. The first-order valence-electron chi connectivity index (χ1n) is 3.23. The third-order valence-corrected chi connectivity index (χ3v) is 3.65. The standard InChI is InChI=1S/C7H6Cl2OS/c8-6-2-1-5(11-6)7(9)3-10-4-7/h1-2H,3-4H2. The number of alkyl halides is 1. The zero-order valence-electron chi connectivity index (χ0n) is 5.64. The van der Waals surface area contributed by atoms with Gasteiger partial charge in [0.05, 0.1) is 17.6 Å². The fourth-order valence-corrected chi connectivity index (χ4v) is 2.41. The summed E-state index contributed by atoms with van der Waals surface area (Å²) in [7, 11) is 0. The Bertz CT molecular complexity index is 267. The molecule has 11 heavy (non-hydrogen) atoms. The van der Waals surface area contributed by atoms with Gasteiger partial charge in [-0.15, -0.1) is 22.9 Å². The minimum absolute atomic E-state index is 0.280. The number of thiophene rings is 1. The number of ether oxygens (including phenoxy) is 1. The zero-order valence-corrected chi connectivity index (χ0v) is 7.97. The van der Waals surface area contributed by atoms with Crippen molar-refractivity contribution in [2.24, 2.45) is 0 Å². The molecule has 1 saturated heterocycles. The van der Waals surface area contributed by atoms with Crippen molar-refractivity contribution in [3.8, 4) is 0 Å². The van der Waals surface area contributed by atoms with Crippen molar-refractivity contribution >= 4 is 34.5 Å². The van der Waals surface area contributed by atoms with Crippen LogP contribution in [0.1, 0.15) is 4.88 Å². The third kappa shape index (κ3) is 1.29. The molecule has 0 unspecified atom stereocenters. The average molecular weight is 209 g/mol. The van der Waals surface area contributed by atoms with Crippen LogP contribution in [0.3, 0.4) is 0 Å². The molecule has 2 heterocycles. The summed E-state index contributed by atoms with van der Waals surface area (Å²) in [4.78, 5) is 0.827. The monoisotopic (exact) mass is 208 g/mol. The molecule has 0 bridgehead atoms. The fraction of sp³-hybridized carbons (Fsp3) is 0.429. The Hall–Kier alpha value is 0.240. The van der Waals surface area contributed by atoms with E-state index in [4.69, 9.17) is 27.9 Å². The molecule has 60 valence electrons. The van der Waals surface area contributed by atoms with Crippen molar-refractivity contribution in [2.75, 3.05) is 13.2 Å². The van der Waals surface area contributed by atoms with Gasteiger partial charge in [-0.2, -0.15) is 0 Å². The molecule has 1 fully saturated rings. The van der Waals surface area contributed by atoms with Crippen molar-refractivity contribution < 1.29 is 4.74 Å². The first kappa shape index (κ1) is 7.87. The van der Waals surface area contributed by atoms with Crippen LogP contribution in [0.5, 0.6) is 0 Å². The van der Waals surface area contributed by atoms with E-state index in [1.165, 1.54) is 11.3 Å². The van der Waals surface area contributed by atoms with Crippen LogP contribution in [-0.2, 0) is 9.61 Å². The summed E-state index contributed by atoms with van der Waals surface area (Å²) in [5.74, 6) is 0. The van der Waals surface area contributed by atoms with Crippen molar-refractivity contribution in [1.29, 1.82) is 0 Å². The van der Waals surface area contributed by atoms with E-state index in [2.05, 4.69) is 0 Å². The number of halogens is 2. The lowest BCUT2D eigenvalue weighted by atomic mass is 10.1. The number of hydrogen-bond donors (Lipinski definition) is 0. The fourth-order valence-electron chi connectivity index (χ4n) is 0.979. The molecular weight excluding hydrogens is 203 g/mol. The number of rotatable bonds is 1. The second-order valence-electron chi connectivity index (χ2n) is 2.56. The Kier molecular flexibility index (Phi) is 1.88. The van der Waals surface area contributed by atoms with Crippen LogP contribution in [0.15, 0.2) is 12.1 Å². The second kappa shape index (κ2) is 2.63. The van der Waals surface area contributed by atoms with E-state index in [1.807, 2.05) is 12.1 Å². The lowest BCUT2D eigenvalue weighted by Crippen LogP contribution is -2.40. The van der Waals surface area contributed by atoms with Crippen LogP contribution in [0, 0.1) is 0 Å². The van der Waals surface area contributed by atoms with Gasteiger partial charge in [-0.05, 0) is 12.1 Å². The molecule has 4 heteroatoms. The van der Waals surface area contributed by atoms with Gasteiger partial charge >= 0.3 is 0 Å². The van der Waals surface area contributed by atoms with E-state index in [9.17, 15) is 0 Å². The van der Waals surface area contributed by atoms with E-state index in [1.54, 1.807) is 0 Å². The van der Waals surface area contributed by atoms with E-state index in [0.717, 1.165) is 9.21 Å². The summed E-state index contributed by atoms with van der Waals surface area (Å²) >= 11 is 13.5. The molecule has 2 rings (SSSR count). The molecule has 1 nitrogen and oxygen atoms in total. The normalized spacial score (nSPS) is 21.3. The topological polar surface area (TPSA) is 9.23 Å². The van der Waals surface area contributed by atoms with E-state index >= 15 is 0 Å². The summed E-state index contributed by atoms with van der Waals surface area (Å²) in [6.45, 7) is 1.21. The minimum atomic E-state index is -0.280. The summed E-state index contributed by atoms with van der Waals surface area (Å²) in [6.07, 6.45) is 0.